The fourth-order valence-corrected chi connectivity index (χ4v) is 1.83. The molecule has 0 saturated heterocycles. The van der Waals surface area contributed by atoms with Crippen LogP contribution in [0.25, 0.3) is 0 Å². The second-order valence-electron chi connectivity index (χ2n) is 4.35. The van der Waals surface area contributed by atoms with Crippen LogP contribution in [0, 0.1) is 0 Å². The Labute approximate surface area is 113 Å². The van der Waals surface area contributed by atoms with Crippen LogP contribution in [0.1, 0.15) is 24.2 Å². The van der Waals surface area contributed by atoms with E-state index in [1.165, 1.54) is 0 Å². The first-order chi connectivity index (χ1) is 9.20. The number of phenols is 1. The molecule has 0 radical (unpaired) electrons. The minimum atomic E-state index is 0.117. The third-order valence-corrected chi connectivity index (χ3v) is 3.02. The summed E-state index contributed by atoms with van der Waals surface area (Å²) in [5.41, 5.74) is 1.78. The van der Waals surface area contributed by atoms with Crippen molar-refractivity contribution in [1.29, 1.82) is 0 Å². The zero-order valence-corrected chi connectivity index (χ0v) is 11.1. The van der Waals surface area contributed by atoms with Crippen molar-refractivity contribution in [3.05, 3.63) is 53.9 Å². The van der Waals surface area contributed by atoms with E-state index in [0.29, 0.717) is 6.54 Å². The van der Waals surface area contributed by atoms with Gasteiger partial charge in [-0.1, -0.05) is 6.07 Å². The summed E-state index contributed by atoms with van der Waals surface area (Å²) in [6, 6.07) is 11.2. The molecule has 0 aliphatic rings. The van der Waals surface area contributed by atoms with Gasteiger partial charge in [0, 0.05) is 24.3 Å². The molecule has 2 aromatic rings. The number of hydrogen-bond donors (Lipinski definition) is 2. The standard InChI is InChI=1S/C15H18N2O2/c1-11(14-5-3-4-8-16-14)17-10-12-9-13(19-2)6-7-15(12)18/h3-9,11,17-18H,10H2,1-2H3/t11-/m1/s1. The minimum absolute atomic E-state index is 0.117. The SMILES string of the molecule is COc1ccc(O)c(CN[C@H](C)c2ccccn2)c1. The molecular weight excluding hydrogens is 240 g/mol. The van der Waals surface area contributed by atoms with Gasteiger partial charge in [-0.15, -0.1) is 0 Å². The maximum absolute atomic E-state index is 9.80. The molecule has 0 bridgehead atoms. The molecule has 0 aliphatic carbocycles. The summed E-state index contributed by atoms with van der Waals surface area (Å²) < 4.78 is 5.15. The van der Waals surface area contributed by atoms with Crippen molar-refractivity contribution in [3.8, 4) is 11.5 Å². The van der Waals surface area contributed by atoms with Crippen molar-refractivity contribution in [3.63, 3.8) is 0 Å². The molecule has 0 amide bonds. The number of rotatable bonds is 5. The molecule has 1 aromatic carbocycles. The summed E-state index contributed by atoms with van der Waals surface area (Å²) >= 11 is 0. The van der Waals surface area contributed by atoms with Crippen molar-refractivity contribution in [2.24, 2.45) is 0 Å². The second kappa shape index (κ2) is 6.20. The van der Waals surface area contributed by atoms with Gasteiger partial charge in [0.05, 0.1) is 12.8 Å². The van der Waals surface area contributed by atoms with Gasteiger partial charge in [0.1, 0.15) is 11.5 Å². The molecule has 4 heteroatoms. The Balaban J connectivity index is 2.02. The first-order valence-corrected chi connectivity index (χ1v) is 6.21. The lowest BCUT2D eigenvalue weighted by molar-refractivity contribution is 0.409. The third kappa shape index (κ3) is 3.45. The Morgan fingerprint density at radius 1 is 1.32 bits per heavy atom. The Bertz CT molecular complexity index is 529. The molecule has 1 heterocycles. The van der Waals surface area contributed by atoms with Crippen molar-refractivity contribution < 1.29 is 9.84 Å². The molecule has 4 nitrogen and oxygen atoms in total. The van der Waals surface area contributed by atoms with Crippen LogP contribution < -0.4 is 10.1 Å². The van der Waals surface area contributed by atoms with Crippen LogP contribution in [0.3, 0.4) is 0 Å². The highest BCUT2D eigenvalue weighted by Gasteiger charge is 2.08. The van der Waals surface area contributed by atoms with E-state index >= 15 is 0 Å². The van der Waals surface area contributed by atoms with E-state index in [0.717, 1.165) is 17.0 Å². The number of nitrogens with one attached hydrogen (secondary N) is 1. The van der Waals surface area contributed by atoms with E-state index in [9.17, 15) is 5.11 Å². The molecule has 0 spiro atoms. The van der Waals surface area contributed by atoms with Crippen molar-refractivity contribution in [2.75, 3.05) is 7.11 Å². The van der Waals surface area contributed by atoms with Crippen LogP contribution in [-0.4, -0.2) is 17.2 Å². The van der Waals surface area contributed by atoms with Gasteiger partial charge in [0.15, 0.2) is 0 Å². The van der Waals surface area contributed by atoms with Gasteiger partial charge >= 0.3 is 0 Å². The molecular formula is C15H18N2O2. The van der Waals surface area contributed by atoms with E-state index < -0.39 is 0 Å². The van der Waals surface area contributed by atoms with Gasteiger partial charge < -0.3 is 15.2 Å². The highest BCUT2D eigenvalue weighted by Crippen LogP contribution is 2.23. The quantitative estimate of drug-likeness (QED) is 0.865. The van der Waals surface area contributed by atoms with Crippen LogP contribution in [-0.2, 0) is 6.54 Å². The summed E-state index contributed by atoms with van der Waals surface area (Å²) in [6.07, 6.45) is 1.77. The third-order valence-electron chi connectivity index (χ3n) is 3.02. The molecule has 19 heavy (non-hydrogen) atoms. The smallest absolute Gasteiger partial charge is 0.120 e. The number of phenolic OH excluding ortho intramolecular Hbond substituents is 1. The number of aromatic nitrogens is 1. The number of aromatic hydroxyl groups is 1. The van der Waals surface area contributed by atoms with Crippen LogP contribution in [0.2, 0.25) is 0 Å². The monoisotopic (exact) mass is 258 g/mol. The maximum Gasteiger partial charge on any atom is 0.120 e. The fourth-order valence-electron chi connectivity index (χ4n) is 1.83. The zero-order valence-electron chi connectivity index (χ0n) is 11.1. The summed E-state index contributed by atoms with van der Waals surface area (Å²) in [4.78, 5) is 4.30. The Kier molecular flexibility index (Phi) is 4.36. The number of benzene rings is 1. The zero-order chi connectivity index (χ0) is 13.7. The number of nitrogens with zero attached hydrogens (tertiary/aromatic N) is 1. The first kappa shape index (κ1) is 13.4. The first-order valence-electron chi connectivity index (χ1n) is 6.21. The fraction of sp³-hybridized carbons (Fsp3) is 0.267. The molecule has 0 aliphatic heterocycles. The molecule has 2 N–H and O–H groups in total. The van der Waals surface area contributed by atoms with Crippen molar-refractivity contribution in [2.45, 2.75) is 19.5 Å². The highest BCUT2D eigenvalue weighted by molar-refractivity contribution is 5.39. The maximum atomic E-state index is 9.80. The van der Waals surface area contributed by atoms with Gasteiger partial charge in [-0.25, -0.2) is 0 Å². The molecule has 0 fully saturated rings. The predicted octanol–water partition coefficient (Wildman–Crippen LogP) is 2.65. The van der Waals surface area contributed by atoms with E-state index in [-0.39, 0.29) is 11.8 Å². The van der Waals surface area contributed by atoms with Crippen molar-refractivity contribution in [1.82, 2.24) is 10.3 Å². The van der Waals surface area contributed by atoms with E-state index in [4.69, 9.17) is 4.74 Å². The number of ether oxygens (including phenoxy) is 1. The number of methoxy groups -OCH3 is 1. The minimum Gasteiger partial charge on any atom is -0.508 e. The van der Waals surface area contributed by atoms with Gasteiger partial charge in [0.25, 0.3) is 0 Å². The van der Waals surface area contributed by atoms with Gasteiger partial charge in [-0.05, 0) is 37.3 Å². The molecule has 2 rings (SSSR count). The van der Waals surface area contributed by atoms with Gasteiger partial charge in [-0.3, -0.25) is 4.98 Å². The summed E-state index contributed by atoms with van der Waals surface area (Å²) in [7, 11) is 1.61. The largest absolute Gasteiger partial charge is 0.508 e. The van der Waals surface area contributed by atoms with Crippen LogP contribution in [0.15, 0.2) is 42.6 Å². The van der Waals surface area contributed by atoms with Crippen molar-refractivity contribution >= 4 is 0 Å². The lowest BCUT2D eigenvalue weighted by atomic mass is 10.1. The molecule has 0 unspecified atom stereocenters. The van der Waals surface area contributed by atoms with Crippen LogP contribution in [0.4, 0.5) is 0 Å². The van der Waals surface area contributed by atoms with E-state index in [2.05, 4.69) is 10.3 Å². The molecule has 1 atom stereocenters. The average Bonchev–Trinajstić information content (AvgIpc) is 2.47. The highest BCUT2D eigenvalue weighted by atomic mass is 16.5. The summed E-state index contributed by atoms with van der Waals surface area (Å²) in [5, 5.41) is 13.1. The Morgan fingerprint density at radius 2 is 2.16 bits per heavy atom. The summed E-state index contributed by atoms with van der Waals surface area (Å²) in [5.74, 6) is 1.00. The van der Waals surface area contributed by atoms with E-state index in [1.807, 2.05) is 31.2 Å². The van der Waals surface area contributed by atoms with Gasteiger partial charge in [0.2, 0.25) is 0 Å². The predicted molar refractivity (Wildman–Crippen MR) is 74.2 cm³/mol. The number of pyridine rings is 1. The number of hydrogen-bond acceptors (Lipinski definition) is 4. The Morgan fingerprint density at radius 3 is 2.84 bits per heavy atom. The lowest BCUT2D eigenvalue weighted by Crippen LogP contribution is -2.19. The van der Waals surface area contributed by atoms with E-state index in [1.54, 1.807) is 25.4 Å². The molecule has 1 aromatic heterocycles. The average molecular weight is 258 g/mol. The van der Waals surface area contributed by atoms with Gasteiger partial charge in [-0.2, -0.15) is 0 Å². The lowest BCUT2D eigenvalue weighted by Gasteiger charge is -2.14. The topological polar surface area (TPSA) is 54.4 Å². The summed E-state index contributed by atoms with van der Waals surface area (Å²) in [6.45, 7) is 2.60. The Hall–Kier alpha value is -2.07. The normalized spacial score (nSPS) is 12.1. The second-order valence-corrected chi connectivity index (χ2v) is 4.35. The van der Waals surface area contributed by atoms with Crippen LogP contribution in [0.5, 0.6) is 11.5 Å². The molecule has 0 saturated carbocycles. The molecule has 100 valence electrons. The van der Waals surface area contributed by atoms with Crippen LogP contribution >= 0.6 is 0 Å².